The highest BCUT2D eigenvalue weighted by atomic mass is 32.2. The van der Waals surface area contributed by atoms with E-state index < -0.39 is 0 Å². The monoisotopic (exact) mass is 253 g/mol. The minimum atomic E-state index is 1.28. The predicted octanol–water partition coefficient (Wildman–Crippen LogP) is 4.64. The summed E-state index contributed by atoms with van der Waals surface area (Å²) in [5.74, 6) is 0. The normalized spacial score (nSPS) is 11.0. The fourth-order valence-electron chi connectivity index (χ4n) is 2.09. The number of rotatable bonds is 2. The van der Waals surface area contributed by atoms with Crippen molar-refractivity contribution in [2.75, 3.05) is 0 Å². The zero-order chi connectivity index (χ0) is 12.5. The molecule has 0 spiro atoms. The third-order valence-electron chi connectivity index (χ3n) is 3.15. The van der Waals surface area contributed by atoms with Gasteiger partial charge >= 0.3 is 0 Å². The standard InChI is InChI=1S/C16H15NS/c1-12-7-9-14(10-8-12)18-16-11-13-5-3-4-6-15(13)17(16)2/h3-11H,1-2H3. The van der Waals surface area contributed by atoms with Crippen LogP contribution in [-0.4, -0.2) is 4.57 Å². The third kappa shape index (κ3) is 2.04. The Labute approximate surface area is 111 Å². The molecular formula is C16H15NS. The van der Waals surface area contributed by atoms with Crippen molar-refractivity contribution in [3.8, 4) is 0 Å². The molecule has 0 aliphatic carbocycles. The number of nitrogens with zero attached hydrogens (tertiary/aromatic N) is 1. The molecule has 0 saturated carbocycles. The lowest BCUT2D eigenvalue weighted by Crippen LogP contribution is -1.88. The maximum Gasteiger partial charge on any atom is 0.0804 e. The van der Waals surface area contributed by atoms with Crippen LogP contribution < -0.4 is 0 Å². The smallest absolute Gasteiger partial charge is 0.0804 e. The van der Waals surface area contributed by atoms with Crippen LogP contribution in [0.1, 0.15) is 5.56 Å². The zero-order valence-electron chi connectivity index (χ0n) is 10.6. The first-order valence-corrected chi connectivity index (χ1v) is 6.85. The molecule has 0 amide bonds. The van der Waals surface area contributed by atoms with Gasteiger partial charge in [0.05, 0.1) is 5.03 Å². The lowest BCUT2D eigenvalue weighted by Gasteiger charge is -2.04. The average Bonchev–Trinajstić information content (AvgIpc) is 2.70. The quantitative estimate of drug-likeness (QED) is 0.644. The molecule has 3 aromatic rings. The Kier molecular flexibility index (Phi) is 2.88. The fourth-order valence-corrected chi connectivity index (χ4v) is 3.02. The molecule has 2 heteroatoms. The van der Waals surface area contributed by atoms with Crippen molar-refractivity contribution < 1.29 is 0 Å². The molecule has 0 atom stereocenters. The second kappa shape index (κ2) is 4.54. The summed E-state index contributed by atoms with van der Waals surface area (Å²) in [6, 6.07) is 19.4. The predicted molar refractivity (Wildman–Crippen MR) is 78.2 cm³/mol. The molecule has 0 aliphatic heterocycles. The van der Waals surface area contributed by atoms with Crippen LogP contribution in [0.4, 0.5) is 0 Å². The molecule has 18 heavy (non-hydrogen) atoms. The van der Waals surface area contributed by atoms with Crippen molar-refractivity contribution in [2.45, 2.75) is 16.8 Å². The first-order chi connectivity index (χ1) is 8.74. The fraction of sp³-hybridized carbons (Fsp3) is 0.125. The highest BCUT2D eigenvalue weighted by Crippen LogP contribution is 2.31. The van der Waals surface area contributed by atoms with Crippen LogP contribution in [0.3, 0.4) is 0 Å². The maximum absolute atomic E-state index is 2.25. The van der Waals surface area contributed by atoms with E-state index in [1.54, 1.807) is 0 Å². The molecule has 1 nitrogen and oxygen atoms in total. The van der Waals surface area contributed by atoms with Crippen molar-refractivity contribution in [3.63, 3.8) is 0 Å². The van der Waals surface area contributed by atoms with E-state index in [4.69, 9.17) is 0 Å². The second-order valence-electron chi connectivity index (χ2n) is 4.52. The minimum Gasteiger partial charge on any atom is -0.339 e. The SMILES string of the molecule is Cc1ccc(Sc2cc3ccccc3n2C)cc1. The molecule has 0 N–H and O–H groups in total. The Hall–Kier alpha value is -1.67. The maximum atomic E-state index is 2.25. The molecule has 1 aromatic heterocycles. The molecule has 90 valence electrons. The first kappa shape index (κ1) is 11.4. The summed E-state index contributed by atoms with van der Waals surface area (Å²) in [5.41, 5.74) is 2.59. The highest BCUT2D eigenvalue weighted by molar-refractivity contribution is 7.99. The van der Waals surface area contributed by atoms with Crippen LogP contribution in [0.5, 0.6) is 0 Å². The summed E-state index contributed by atoms with van der Waals surface area (Å²) in [5, 5.41) is 2.58. The van der Waals surface area contributed by atoms with E-state index >= 15 is 0 Å². The first-order valence-electron chi connectivity index (χ1n) is 6.03. The van der Waals surface area contributed by atoms with Crippen LogP contribution in [0, 0.1) is 6.92 Å². The summed E-state index contributed by atoms with van der Waals surface area (Å²) in [7, 11) is 2.12. The van der Waals surface area contributed by atoms with E-state index in [1.165, 1.54) is 26.4 Å². The lowest BCUT2D eigenvalue weighted by atomic mass is 10.2. The highest BCUT2D eigenvalue weighted by Gasteiger charge is 2.06. The summed E-state index contributed by atoms with van der Waals surface area (Å²) in [4.78, 5) is 1.28. The molecular weight excluding hydrogens is 238 g/mol. The van der Waals surface area contributed by atoms with Gasteiger partial charge in [-0.05, 0) is 31.2 Å². The third-order valence-corrected chi connectivity index (χ3v) is 4.26. The van der Waals surface area contributed by atoms with Crippen LogP contribution >= 0.6 is 11.8 Å². The molecule has 1 heterocycles. The summed E-state index contributed by atoms with van der Waals surface area (Å²) in [6.45, 7) is 2.12. The van der Waals surface area contributed by atoms with E-state index in [0.717, 1.165) is 0 Å². The van der Waals surface area contributed by atoms with Crippen LogP contribution in [-0.2, 0) is 7.05 Å². The number of hydrogen-bond acceptors (Lipinski definition) is 1. The van der Waals surface area contributed by atoms with E-state index in [2.05, 4.69) is 73.1 Å². The number of para-hydroxylation sites is 1. The second-order valence-corrected chi connectivity index (χ2v) is 5.61. The lowest BCUT2D eigenvalue weighted by molar-refractivity contribution is 0.862. The van der Waals surface area contributed by atoms with Gasteiger partial charge in [0.25, 0.3) is 0 Å². The minimum absolute atomic E-state index is 1.28. The van der Waals surface area contributed by atoms with E-state index in [-0.39, 0.29) is 0 Å². The zero-order valence-corrected chi connectivity index (χ0v) is 11.4. The molecule has 0 saturated heterocycles. The van der Waals surface area contributed by atoms with E-state index in [9.17, 15) is 0 Å². The van der Waals surface area contributed by atoms with Crippen LogP contribution in [0.15, 0.2) is 64.5 Å². The van der Waals surface area contributed by atoms with Gasteiger partial charge in [-0.1, -0.05) is 47.7 Å². The van der Waals surface area contributed by atoms with Gasteiger partial charge in [-0.15, -0.1) is 0 Å². The van der Waals surface area contributed by atoms with Gasteiger partial charge in [0, 0.05) is 22.8 Å². The Bertz CT molecular complexity index is 680. The van der Waals surface area contributed by atoms with Gasteiger partial charge in [0.1, 0.15) is 0 Å². The summed E-state index contributed by atoms with van der Waals surface area (Å²) >= 11 is 1.81. The van der Waals surface area contributed by atoms with Gasteiger partial charge < -0.3 is 4.57 Å². The number of hydrogen-bond donors (Lipinski definition) is 0. The Morgan fingerprint density at radius 1 is 0.944 bits per heavy atom. The summed E-state index contributed by atoms with van der Waals surface area (Å²) < 4.78 is 2.25. The Morgan fingerprint density at radius 2 is 1.67 bits per heavy atom. The Morgan fingerprint density at radius 3 is 2.39 bits per heavy atom. The number of aromatic nitrogens is 1. The molecule has 0 unspecified atom stereocenters. The number of aryl methyl sites for hydroxylation is 2. The van der Waals surface area contributed by atoms with E-state index in [1.807, 2.05) is 11.8 Å². The van der Waals surface area contributed by atoms with Crippen molar-refractivity contribution >= 4 is 22.7 Å². The number of fused-ring (bicyclic) bond motifs is 1. The van der Waals surface area contributed by atoms with Gasteiger partial charge in [-0.3, -0.25) is 0 Å². The Balaban J connectivity index is 1.99. The van der Waals surface area contributed by atoms with Crippen molar-refractivity contribution in [1.29, 1.82) is 0 Å². The topological polar surface area (TPSA) is 4.93 Å². The van der Waals surface area contributed by atoms with Gasteiger partial charge in [-0.25, -0.2) is 0 Å². The van der Waals surface area contributed by atoms with Gasteiger partial charge in [0.15, 0.2) is 0 Å². The molecule has 3 rings (SSSR count). The summed E-state index contributed by atoms with van der Waals surface area (Å²) in [6.07, 6.45) is 0. The number of benzene rings is 2. The molecule has 0 aliphatic rings. The van der Waals surface area contributed by atoms with Crippen LogP contribution in [0.2, 0.25) is 0 Å². The van der Waals surface area contributed by atoms with E-state index in [0.29, 0.717) is 0 Å². The van der Waals surface area contributed by atoms with Crippen molar-refractivity contribution in [2.24, 2.45) is 7.05 Å². The molecule has 0 fully saturated rings. The van der Waals surface area contributed by atoms with Gasteiger partial charge in [-0.2, -0.15) is 0 Å². The molecule has 0 radical (unpaired) electrons. The van der Waals surface area contributed by atoms with Crippen LogP contribution in [0.25, 0.3) is 10.9 Å². The van der Waals surface area contributed by atoms with Gasteiger partial charge in [0.2, 0.25) is 0 Å². The molecule has 0 bridgehead atoms. The van der Waals surface area contributed by atoms with Crippen molar-refractivity contribution in [1.82, 2.24) is 4.57 Å². The largest absolute Gasteiger partial charge is 0.339 e. The molecule has 2 aromatic carbocycles. The van der Waals surface area contributed by atoms with Crippen molar-refractivity contribution in [3.05, 3.63) is 60.2 Å². The average molecular weight is 253 g/mol.